The van der Waals surface area contributed by atoms with Crippen molar-refractivity contribution in [3.8, 4) is 0 Å². The Kier molecular flexibility index (Phi) is 5.58. The molecule has 1 unspecified atom stereocenters. The van der Waals surface area contributed by atoms with Crippen LogP contribution in [0.15, 0.2) is 34.6 Å². The molecule has 0 saturated carbocycles. The Morgan fingerprint density at radius 2 is 2.12 bits per heavy atom. The van der Waals surface area contributed by atoms with Crippen molar-refractivity contribution in [2.45, 2.75) is 51.4 Å². The molecule has 9 heteroatoms. The minimum atomic E-state index is -4.54. The van der Waals surface area contributed by atoms with Crippen molar-refractivity contribution in [1.29, 1.82) is 0 Å². The number of nitrogens with two attached hydrogens (primary N) is 1. The van der Waals surface area contributed by atoms with Crippen LogP contribution < -0.4 is 11.1 Å². The van der Waals surface area contributed by atoms with Gasteiger partial charge in [0.25, 0.3) is 0 Å². The van der Waals surface area contributed by atoms with Gasteiger partial charge in [-0.1, -0.05) is 0 Å². The van der Waals surface area contributed by atoms with Gasteiger partial charge in [0.05, 0.1) is 11.7 Å². The Morgan fingerprint density at radius 1 is 1.42 bits per heavy atom. The fourth-order valence-corrected chi connectivity index (χ4v) is 2.39. The minimum absolute atomic E-state index is 0.0931. The van der Waals surface area contributed by atoms with Crippen LogP contribution in [0.1, 0.15) is 39.3 Å². The first kappa shape index (κ1) is 19.7. The van der Waals surface area contributed by atoms with E-state index >= 15 is 0 Å². The number of ether oxygens (including phenoxy) is 1. The molecule has 6 nitrogen and oxygen atoms in total. The third-order valence-corrected chi connectivity index (χ3v) is 3.53. The number of hydrogen-bond donors (Lipinski definition) is 2. The predicted molar refractivity (Wildman–Crippen MR) is 91.0 cm³/mol. The number of alkyl halides is 3. The molecule has 1 aromatic heterocycles. The van der Waals surface area contributed by atoms with Crippen molar-refractivity contribution in [3.63, 3.8) is 0 Å². The zero-order chi connectivity index (χ0) is 19.5. The number of pyridine rings is 1. The third kappa shape index (κ3) is 5.47. The summed E-state index contributed by atoms with van der Waals surface area (Å²) in [6, 6.07) is 1.80. The topological polar surface area (TPSA) is 89.6 Å². The number of nitrogens with one attached hydrogen (secondary N) is 1. The zero-order valence-electron chi connectivity index (χ0n) is 14.7. The summed E-state index contributed by atoms with van der Waals surface area (Å²) in [5.41, 5.74) is 5.45. The quantitative estimate of drug-likeness (QED) is 0.794. The molecule has 1 heterocycles. The number of allylic oxidation sites excluding steroid dienone is 1. The van der Waals surface area contributed by atoms with Crippen LogP contribution in [0.2, 0.25) is 0 Å². The molecule has 0 bridgehead atoms. The number of aromatic nitrogens is 1. The maximum Gasteiger partial charge on any atom is 0.433 e. The average molecular weight is 370 g/mol. The standard InChI is InChI=1S/C17H21F3N4O2/c1-16(2,3)26-15(25)24-13-5-4-12(21)11(13)9-23-10-6-7-22-14(8-10)17(18,19)20/h6-9,13H,4-5,21H2,1-3H3,(H,24,25). The Balaban J connectivity index is 2.12. The van der Waals surface area contributed by atoms with Crippen LogP contribution in [-0.2, 0) is 10.9 Å². The van der Waals surface area contributed by atoms with E-state index in [1.54, 1.807) is 20.8 Å². The van der Waals surface area contributed by atoms with Gasteiger partial charge in [-0.2, -0.15) is 13.2 Å². The van der Waals surface area contributed by atoms with Gasteiger partial charge in [-0.15, -0.1) is 0 Å². The molecule has 26 heavy (non-hydrogen) atoms. The van der Waals surface area contributed by atoms with Gasteiger partial charge in [0.1, 0.15) is 11.3 Å². The van der Waals surface area contributed by atoms with Crippen LogP contribution in [0.5, 0.6) is 0 Å². The highest BCUT2D eigenvalue weighted by molar-refractivity contribution is 5.85. The van der Waals surface area contributed by atoms with Crippen molar-refractivity contribution in [3.05, 3.63) is 35.3 Å². The van der Waals surface area contributed by atoms with Crippen molar-refractivity contribution >= 4 is 18.0 Å². The van der Waals surface area contributed by atoms with Gasteiger partial charge in [-0.3, -0.25) is 9.98 Å². The first-order valence-corrected chi connectivity index (χ1v) is 8.01. The van der Waals surface area contributed by atoms with Crippen LogP contribution in [0, 0.1) is 0 Å². The van der Waals surface area contributed by atoms with E-state index in [0.717, 1.165) is 12.3 Å². The number of carbonyl (C=O) groups is 1. The van der Waals surface area contributed by atoms with Gasteiger partial charge in [0.2, 0.25) is 0 Å². The first-order valence-electron chi connectivity index (χ1n) is 8.01. The van der Waals surface area contributed by atoms with E-state index in [1.165, 1.54) is 12.3 Å². The molecule has 1 atom stereocenters. The summed E-state index contributed by atoms with van der Waals surface area (Å²) in [4.78, 5) is 19.3. The van der Waals surface area contributed by atoms with Crippen LogP contribution in [0.25, 0.3) is 0 Å². The second kappa shape index (κ2) is 7.35. The van der Waals surface area contributed by atoms with E-state index in [9.17, 15) is 18.0 Å². The van der Waals surface area contributed by atoms with Gasteiger partial charge in [0, 0.05) is 23.7 Å². The molecule has 0 radical (unpaired) electrons. The van der Waals surface area contributed by atoms with Crippen molar-refractivity contribution < 1.29 is 22.7 Å². The lowest BCUT2D eigenvalue weighted by molar-refractivity contribution is -0.141. The summed E-state index contributed by atoms with van der Waals surface area (Å²) in [5.74, 6) is 0. The molecule has 0 aromatic carbocycles. The molecule has 1 amide bonds. The van der Waals surface area contributed by atoms with Crippen LogP contribution >= 0.6 is 0 Å². The Bertz CT molecular complexity index is 736. The third-order valence-electron chi connectivity index (χ3n) is 3.53. The normalized spacial score (nSPS) is 18.5. The van der Waals surface area contributed by atoms with Crippen LogP contribution in [0.4, 0.5) is 23.7 Å². The van der Waals surface area contributed by atoms with Crippen LogP contribution in [-0.4, -0.2) is 28.9 Å². The molecule has 1 aliphatic rings. The number of rotatable bonds is 3. The average Bonchev–Trinajstić information content (AvgIpc) is 2.83. The summed E-state index contributed by atoms with van der Waals surface area (Å²) in [7, 11) is 0. The summed E-state index contributed by atoms with van der Waals surface area (Å²) < 4.78 is 43.3. The molecule has 3 N–H and O–H groups in total. The SMILES string of the molecule is CC(C)(C)OC(=O)NC1CCC(N)=C1C=Nc1ccnc(C(F)(F)F)c1. The number of aliphatic imine (C=N–C) groups is 1. The fraction of sp³-hybridized carbons (Fsp3) is 0.471. The molecule has 0 fully saturated rings. The zero-order valence-corrected chi connectivity index (χ0v) is 14.7. The lowest BCUT2D eigenvalue weighted by Gasteiger charge is -2.22. The van der Waals surface area contributed by atoms with Crippen LogP contribution in [0.3, 0.4) is 0 Å². The summed E-state index contributed by atoms with van der Waals surface area (Å²) in [5, 5.41) is 2.71. The largest absolute Gasteiger partial charge is 0.444 e. The van der Waals surface area contributed by atoms with Gasteiger partial charge in [-0.05, 0) is 45.7 Å². The van der Waals surface area contributed by atoms with E-state index in [4.69, 9.17) is 10.5 Å². The first-order chi connectivity index (χ1) is 12.0. The van der Waals surface area contributed by atoms with E-state index in [0.29, 0.717) is 24.1 Å². The van der Waals surface area contributed by atoms with Gasteiger partial charge in [-0.25, -0.2) is 4.79 Å². The molecule has 0 aliphatic heterocycles. The minimum Gasteiger partial charge on any atom is -0.444 e. The van der Waals surface area contributed by atoms with E-state index in [-0.39, 0.29) is 5.69 Å². The molecular weight excluding hydrogens is 349 g/mol. The summed E-state index contributed by atoms with van der Waals surface area (Å²) in [6.07, 6.45) is -1.61. The predicted octanol–water partition coefficient (Wildman–Crippen LogP) is 3.70. The van der Waals surface area contributed by atoms with E-state index in [1.807, 2.05) is 0 Å². The molecular formula is C17H21F3N4O2. The van der Waals surface area contributed by atoms with Crippen molar-refractivity contribution in [2.24, 2.45) is 10.7 Å². The Labute approximate surface area is 149 Å². The Morgan fingerprint density at radius 3 is 2.73 bits per heavy atom. The van der Waals surface area contributed by atoms with Gasteiger partial charge < -0.3 is 15.8 Å². The van der Waals surface area contributed by atoms with Gasteiger partial charge in [0.15, 0.2) is 0 Å². The monoisotopic (exact) mass is 370 g/mol. The maximum absolute atomic E-state index is 12.7. The smallest absolute Gasteiger partial charge is 0.433 e. The molecule has 0 saturated heterocycles. The van der Waals surface area contributed by atoms with Gasteiger partial charge >= 0.3 is 12.3 Å². The number of hydrogen-bond acceptors (Lipinski definition) is 5. The van der Waals surface area contributed by atoms with E-state index in [2.05, 4.69) is 15.3 Å². The lowest BCUT2D eigenvalue weighted by atomic mass is 10.1. The lowest BCUT2D eigenvalue weighted by Crippen LogP contribution is -2.39. The number of amides is 1. The Hall–Kier alpha value is -2.58. The number of carbonyl (C=O) groups excluding carboxylic acids is 1. The molecule has 1 aromatic rings. The molecule has 0 spiro atoms. The number of halogens is 3. The number of nitrogens with zero attached hydrogens (tertiary/aromatic N) is 2. The maximum atomic E-state index is 12.7. The fourth-order valence-electron chi connectivity index (χ4n) is 2.39. The molecule has 1 aliphatic carbocycles. The van der Waals surface area contributed by atoms with Crippen molar-refractivity contribution in [2.75, 3.05) is 0 Å². The highest BCUT2D eigenvalue weighted by Gasteiger charge is 2.32. The summed E-state index contributed by atoms with van der Waals surface area (Å²) in [6.45, 7) is 5.24. The molecule has 142 valence electrons. The highest BCUT2D eigenvalue weighted by atomic mass is 19.4. The second-order valence-electron chi connectivity index (χ2n) is 6.87. The second-order valence-corrected chi connectivity index (χ2v) is 6.87. The number of alkyl carbamates (subject to hydrolysis) is 1. The summed E-state index contributed by atoms with van der Waals surface area (Å²) >= 11 is 0. The van der Waals surface area contributed by atoms with E-state index < -0.39 is 29.6 Å². The van der Waals surface area contributed by atoms with Crippen molar-refractivity contribution in [1.82, 2.24) is 10.3 Å². The molecule has 2 rings (SSSR count). The highest BCUT2D eigenvalue weighted by Crippen LogP contribution is 2.30.